The molecule has 0 aliphatic heterocycles. The number of halogens is 4. The summed E-state index contributed by atoms with van der Waals surface area (Å²) in [4.78, 5) is 12.0. The summed E-state index contributed by atoms with van der Waals surface area (Å²) in [5, 5.41) is 1.33. The minimum absolute atomic E-state index is 0.245. The number of aryl methyl sites for hydroxylation is 1. The van der Waals surface area contributed by atoms with Gasteiger partial charge in [-0.15, -0.1) is 0 Å². The van der Waals surface area contributed by atoms with Crippen LogP contribution in [0.4, 0.5) is 13.2 Å². The number of nitrogens with zero attached hydrogens (tertiary/aromatic N) is 1. The molecule has 0 unspecified atom stereocenters. The highest BCUT2D eigenvalue weighted by Gasteiger charge is 2.30. The molecule has 0 N–H and O–H groups in total. The monoisotopic (exact) mass is 435 g/mol. The van der Waals surface area contributed by atoms with E-state index in [1.165, 1.54) is 0 Å². The maximum absolute atomic E-state index is 13.2. The molecule has 0 spiro atoms. The summed E-state index contributed by atoms with van der Waals surface area (Å²) in [7, 11) is 0. The second-order valence-corrected chi connectivity index (χ2v) is 7.56. The topological polar surface area (TPSA) is 31.2 Å². The molecular formula is C23H21ClF3NO2. The van der Waals surface area contributed by atoms with E-state index in [4.69, 9.17) is 16.3 Å². The first-order valence-corrected chi connectivity index (χ1v) is 9.78. The fraction of sp³-hybridized carbons (Fsp3) is 0.261. The van der Waals surface area contributed by atoms with Gasteiger partial charge in [-0.1, -0.05) is 23.2 Å². The molecule has 0 fully saturated rings. The summed E-state index contributed by atoms with van der Waals surface area (Å²) in [5.74, 6) is -0.422. The van der Waals surface area contributed by atoms with Crippen LogP contribution in [0.5, 0.6) is 0 Å². The zero-order valence-electron chi connectivity index (χ0n) is 16.8. The lowest BCUT2D eigenvalue weighted by Gasteiger charge is -2.12. The highest BCUT2D eigenvalue weighted by Crippen LogP contribution is 2.32. The molecule has 0 saturated heterocycles. The standard InChI is InChI=1S/C23H21ClF3NO2/c1-4-30-22(29)15(3)9-17-13-28(21-6-5-19(24)11-20(17)21)12-16-7-14(2)8-18(10-16)23(25,26)27/h5-11,13H,4,12H2,1-3H3/b15-9+. The predicted octanol–water partition coefficient (Wildman–Crippen LogP) is 6.64. The van der Waals surface area contributed by atoms with Crippen molar-refractivity contribution in [3.05, 3.63) is 75.4 Å². The van der Waals surface area contributed by atoms with Crippen molar-refractivity contribution < 1.29 is 22.7 Å². The number of hydrogen-bond acceptors (Lipinski definition) is 2. The van der Waals surface area contributed by atoms with Crippen LogP contribution >= 0.6 is 11.6 Å². The largest absolute Gasteiger partial charge is 0.463 e. The molecule has 158 valence electrons. The van der Waals surface area contributed by atoms with Gasteiger partial charge in [0.25, 0.3) is 0 Å². The summed E-state index contributed by atoms with van der Waals surface area (Å²) in [6.07, 6.45) is -0.901. The minimum atomic E-state index is -4.41. The first-order valence-electron chi connectivity index (χ1n) is 9.40. The third-order valence-electron chi connectivity index (χ3n) is 4.66. The Hall–Kier alpha value is -2.73. The molecule has 0 saturated carbocycles. The van der Waals surface area contributed by atoms with Crippen molar-refractivity contribution in [2.75, 3.05) is 6.61 Å². The molecule has 0 aliphatic rings. The molecular weight excluding hydrogens is 415 g/mol. The first-order chi connectivity index (χ1) is 14.1. The van der Waals surface area contributed by atoms with Gasteiger partial charge in [-0.05, 0) is 62.7 Å². The van der Waals surface area contributed by atoms with Crippen molar-refractivity contribution in [1.82, 2.24) is 4.57 Å². The van der Waals surface area contributed by atoms with Crippen molar-refractivity contribution >= 4 is 34.5 Å². The Bertz CT molecular complexity index is 1130. The van der Waals surface area contributed by atoms with Gasteiger partial charge in [0.05, 0.1) is 12.2 Å². The van der Waals surface area contributed by atoms with Gasteiger partial charge < -0.3 is 9.30 Å². The van der Waals surface area contributed by atoms with E-state index in [0.29, 0.717) is 21.7 Å². The molecule has 0 aliphatic carbocycles. The van der Waals surface area contributed by atoms with E-state index in [1.807, 2.05) is 10.6 Å². The van der Waals surface area contributed by atoms with Crippen LogP contribution in [0.3, 0.4) is 0 Å². The molecule has 0 radical (unpaired) electrons. The molecule has 0 bridgehead atoms. The Morgan fingerprint density at radius 2 is 1.93 bits per heavy atom. The average Bonchev–Trinajstić information content (AvgIpc) is 2.97. The number of carbonyl (C=O) groups is 1. The molecule has 0 atom stereocenters. The number of alkyl halides is 3. The molecule has 3 nitrogen and oxygen atoms in total. The van der Waals surface area contributed by atoms with E-state index in [-0.39, 0.29) is 13.2 Å². The number of ether oxygens (including phenoxy) is 1. The number of carbonyl (C=O) groups excluding carboxylic acids is 1. The van der Waals surface area contributed by atoms with Crippen LogP contribution in [-0.4, -0.2) is 17.1 Å². The third kappa shape index (κ3) is 4.87. The zero-order chi connectivity index (χ0) is 22.1. The smallest absolute Gasteiger partial charge is 0.416 e. The Morgan fingerprint density at radius 3 is 2.60 bits per heavy atom. The summed E-state index contributed by atoms with van der Waals surface area (Å²) in [5.41, 5.74) is 2.37. The number of benzene rings is 2. The second kappa shape index (κ2) is 8.56. The average molecular weight is 436 g/mol. The molecule has 3 rings (SSSR count). The molecule has 0 amide bonds. The molecule has 7 heteroatoms. The van der Waals surface area contributed by atoms with Crippen LogP contribution in [0.1, 0.15) is 36.1 Å². The summed E-state index contributed by atoms with van der Waals surface area (Å²) in [6, 6.07) is 9.34. The van der Waals surface area contributed by atoms with E-state index in [2.05, 4.69) is 0 Å². The third-order valence-corrected chi connectivity index (χ3v) is 4.90. The van der Waals surface area contributed by atoms with E-state index < -0.39 is 17.7 Å². The molecule has 3 aromatic rings. The fourth-order valence-electron chi connectivity index (χ4n) is 3.39. The highest BCUT2D eigenvalue weighted by molar-refractivity contribution is 6.31. The van der Waals surface area contributed by atoms with Gasteiger partial charge in [-0.2, -0.15) is 13.2 Å². The van der Waals surface area contributed by atoms with E-state index in [9.17, 15) is 18.0 Å². The van der Waals surface area contributed by atoms with Gasteiger partial charge in [-0.25, -0.2) is 4.79 Å². The van der Waals surface area contributed by atoms with Gasteiger partial charge in [0.15, 0.2) is 0 Å². The lowest BCUT2D eigenvalue weighted by atomic mass is 10.1. The van der Waals surface area contributed by atoms with Crippen LogP contribution < -0.4 is 0 Å². The van der Waals surface area contributed by atoms with Crippen LogP contribution in [0, 0.1) is 6.92 Å². The predicted molar refractivity (Wildman–Crippen MR) is 113 cm³/mol. The summed E-state index contributed by atoms with van der Waals surface area (Å²) < 4.78 is 46.5. The van der Waals surface area contributed by atoms with Gasteiger partial charge in [-0.3, -0.25) is 0 Å². The molecule has 2 aromatic carbocycles. The molecule has 30 heavy (non-hydrogen) atoms. The summed E-state index contributed by atoms with van der Waals surface area (Å²) in [6.45, 7) is 5.54. The number of hydrogen-bond donors (Lipinski definition) is 0. The van der Waals surface area contributed by atoms with E-state index in [0.717, 1.165) is 28.6 Å². The van der Waals surface area contributed by atoms with Crippen LogP contribution in [0.15, 0.2) is 48.2 Å². The zero-order valence-corrected chi connectivity index (χ0v) is 17.6. The minimum Gasteiger partial charge on any atom is -0.463 e. The SMILES string of the molecule is CCOC(=O)/C(C)=C/c1cn(Cc2cc(C)cc(C(F)(F)F)c2)c2ccc(Cl)cc12. The van der Waals surface area contributed by atoms with Crippen molar-refractivity contribution in [2.24, 2.45) is 0 Å². The number of esters is 1. The maximum atomic E-state index is 13.2. The number of aromatic nitrogens is 1. The lowest BCUT2D eigenvalue weighted by molar-refractivity contribution is -0.138. The van der Waals surface area contributed by atoms with Crippen molar-refractivity contribution in [3.63, 3.8) is 0 Å². The number of fused-ring (bicyclic) bond motifs is 1. The van der Waals surface area contributed by atoms with Gasteiger partial charge >= 0.3 is 12.1 Å². The lowest BCUT2D eigenvalue weighted by Crippen LogP contribution is -2.07. The summed E-state index contributed by atoms with van der Waals surface area (Å²) >= 11 is 6.15. The van der Waals surface area contributed by atoms with Crippen LogP contribution in [0.2, 0.25) is 5.02 Å². The molecule has 1 heterocycles. The van der Waals surface area contributed by atoms with E-state index >= 15 is 0 Å². The quantitative estimate of drug-likeness (QED) is 0.332. The van der Waals surface area contributed by atoms with Gasteiger partial charge in [0, 0.05) is 39.8 Å². The Morgan fingerprint density at radius 1 is 1.20 bits per heavy atom. The van der Waals surface area contributed by atoms with E-state index in [1.54, 1.807) is 51.2 Å². The fourth-order valence-corrected chi connectivity index (χ4v) is 3.57. The Balaban J connectivity index is 2.07. The Kier molecular flexibility index (Phi) is 6.27. The van der Waals surface area contributed by atoms with Gasteiger partial charge in [0.2, 0.25) is 0 Å². The van der Waals surface area contributed by atoms with Crippen molar-refractivity contribution in [1.29, 1.82) is 0 Å². The van der Waals surface area contributed by atoms with Gasteiger partial charge in [0.1, 0.15) is 0 Å². The van der Waals surface area contributed by atoms with Crippen molar-refractivity contribution in [2.45, 2.75) is 33.5 Å². The molecule has 1 aromatic heterocycles. The maximum Gasteiger partial charge on any atom is 0.416 e. The number of rotatable bonds is 5. The highest BCUT2D eigenvalue weighted by atomic mass is 35.5. The first kappa shape index (κ1) is 22.0. The van der Waals surface area contributed by atoms with Crippen LogP contribution in [-0.2, 0) is 22.3 Å². The van der Waals surface area contributed by atoms with Crippen LogP contribution in [0.25, 0.3) is 17.0 Å². The second-order valence-electron chi connectivity index (χ2n) is 7.13. The normalized spacial score (nSPS) is 12.4. The Labute approximate surface area is 177 Å². The van der Waals surface area contributed by atoms with Crippen molar-refractivity contribution in [3.8, 4) is 0 Å².